The van der Waals surface area contributed by atoms with Crippen LogP contribution in [0.1, 0.15) is 73.1 Å². The van der Waals surface area contributed by atoms with Gasteiger partial charge in [-0.05, 0) is 92.3 Å². The van der Waals surface area contributed by atoms with Gasteiger partial charge in [0.2, 0.25) is 0 Å². The van der Waals surface area contributed by atoms with Crippen LogP contribution in [0.25, 0.3) is 50.8 Å². The third-order valence-electron chi connectivity index (χ3n) is 9.46. The molecule has 0 amide bonds. The molecule has 0 saturated heterocycles. The summed E-state index contributed by atoms with van der Waals surface area (Å²) in [5, 5.41) is 5.97. The van der Waals surface area contributed by atoms with E-state index in [1.165, 1.54) is 5.39 Å². The van der Waals surface area contributed by atoms with Gasteiger partial charge in [-0.2, -0.15) is 0 Å². The van der Waals surface area contributed by atoms with E-state index in [4.69, 9.17) is 19.9 Å². The van der Waals surface area contributed by atoms with E-state index >= 15 is 0 Å². The van der Waals surface area contributed by atoms with Crippen LogP contribution in [0.15, 0.2) is 157 Å². The molecule has 0 fully saturated rings. The van der Waals surface area contributed by atoms with Gasteiger partial charge in [-0.15, -0.1) is 0 Å². The highest BCUT2D eigenvalue weighted by molar-refractivity contribution is 5.97. The van der Waals surface area contributed by atoms with Gasteiger partial charge in [-0.25, -0.2) is 9.97 Å². The Balaban J connectivity index is 1.36. The summed E-state index contributed by atoms with van der Waals surface area (Å²) in [5.74, 6) is 0.655. The van der Waals surface area contributed by atoms with Crippen molar-refractivity contribution in [1.29, 1.82) is 0 Å². The molecule has 0 bridgehead atoms. The lowest BCUT2D eigenvalue weighted by Gasteiger charge is -2.20. The number of aromatic nitrogens is 3. The van der Waals surface area contributed by atoms with Crippen molar-refractivity contribution in [3.8, 4) is 22.6 Å². The molecule has 1 N–H and O–H groups in total. The zero-order chi connectivity index (χ0) is 38.2. The highest BCUT2D eigenvalue weighted by Crippen LogP contribution is 2.32. The van der Waals surface area contributed by atoms with Gasteiger partial charge in [0.15, 0.2) is 5.82 Å². The van der Waals surface area contributed by atoms with Crippen LogP contribution in [0.2, 0.25) is 0 Å². The van der Waals surface area contributed by atoms with Crippen molar-refractivity contribution in [2.75, 3.05) is 0 Å². The van der Waals surface area contributed by atoms with Gasteiger partial charge in [-0.1, -0.05) is 140 Å². The van der Waals surface area contributed by atoms with Crippen molar-refractivity contribution in [3.63, 3.8) is 0 Å². The van der Waals surface area contributed by atoms with Crippen LogP contribution in [0.4, 0.5) is 0 Å². The van der Waals surface area contributed by atoms with Crippen molar-refractivity contribution in [3.05, 3.63) is 192 Å². The minimum Gasteiger partial charge on any atom is -0.360 e. The van der Waals surface area contributed by atoms with Gasteiger partial charge in [-0.3, -0.25) is 9.98 Å². The SMILES string of the molecule is C=C/C=C\C(=C(C)C)c1nc(-c2ccc(C(=C)NC(/N=C(\C)c3cc(/C=C\C)c(C)cn3)c3ccc4ccccc4c3)cc2)nc(-c2ccccc2)c1C. The third kappa shape index (κ3) is 8.43. The molecule has 5 nitrogen and oxygen atoms in total. The van der Waals surface area contributed by atoms with Crippen LogP contribution in [0, 0.1) is 13.8 Å². The Morgan fingerprint density at radius 1 is 0.815 bits per heavy atom. The molecule has 1 atom stereocenters. The fourth-order valence-electron chi connectivity index (χ4n) is 6.42. The van der Waals surface area contributed by atoms with E-state index in [1.807, 2.05) is 50.4 Å². The predicted molar refractivity (Wildman–Crippen MR) is 230 cm³/mol. The van der Waals surface area contributed by atoms with Crippen molar-refractivity contribution in [1.82, 2.24) is 20.3 Å². The Bertz CT molecular complexity index is 2440. The van der Waals surface area contributed by atoms with Crippen LogP contribution >= 0.6 is 0 Å². The number of aliphatic imine (C=N–C) groups is 1. The summed E-state index contributed by atoms with van der Waals surface area (Å²) in [5.41, 5.74) is 13.6. The average molecular weight is 706 g/mol. The van der Waals surface area contributed by atoms with Gasteiger partial charge in [0, 0.05) is 28.6 Å². The first-order chi connectivity index (χ1) is 26.2. The number of allylic oxidation sites excluding steroid dienone is 6. The third-order valence-corrected chi connectivity index (χ3v) is 9.46. The molecule has 6 rings (SSSR count). The van der Waals surface area contributed by atoms with E-state index in [0.29, 0.717) is 5.82 Å². The highest BCUT2D eigenvalue weighted by atomic mass is 15.1. The second-order valence-corrected chi connectivity index (χ2v) is 13.6. The van der Waals surface area contributed by atoms with Crippen molar-refractivity contribution < 1.29 is 0 Å². The number of hydrogen-bond acceptors (Lipinski definition) is 5. The molecule has 54 heavy (non-hydrogen) atoms. The smallest absolute Gasteiger partial charge is 0.160 e. The van der Waals surface area contributed by atoms with E-state index in [1.54, 1.807) is 6.08 Å². The Kier molecular flexibility index (Phi) is 11.7. The standard InChI is InChI=1S/C49H47N5/c1-9-11-22-44(32(3)4)47-34(6)46(39-19-13-12-14-20-39)53-48(54-47)40-26-23-37(24-27-40)35(7)51-49(43-28-25-38-18-15-16-21-42(38)29-43)52-36(8)45-30-41(17-10-2)33(5)31-50-45/h9-31,49,51H,1,7H2,2-6,8H3/b17-10-,22-11-,52-36+. The summed E-state index contributed by atoms with van der Waals surface area (Å²) in [7, 11) is 0. The maximum Gasteiger partial charge on any atom is 0.160 e. The maximum atomic E-state index is 5.22. The zero-order valence-corrected chi connectivity index (χ0v) is 32.1. The van der Waals surface area contributed by atoms with Crippen LogP contribution in [0.5, 0.6) is 0 Å². The van der Waals surface area contributed by atoms with Gasteiger partial charge in [0.05, 0.1) is 22.8 Å². The average Bonchev–Trinajstić information content (AvgIpc) is 3.19. The lowest BCUT2D eigenvalue weighted by molar-refractivity contribution is 0.671. The summed E-state index contributed by atoms with van der Waals surface area (Å²) in [6, 6.07) is 35.5. The molecule has 268 valence electrons. The Morgan fingerprint density at radius 2 is 1.54 bits per heavy atom. The predicted octanol–water partition coefficient (Wildman–Crippen LogP) is 12.3. The van der Waals surface area contributed by atoms with Crippen LogP contribution in [-0.4, -0.2) is 20.7 Å². The second-order valence-electron chi connectivity index (χ2n) is 13.6. The summed E-state index contributed by atoms with van der Waals surface area (Å²) in [6.45, 7) is 20.8. The molecule has 4 aromatic carbocycles. The highest BCUT2D eigenvalue weighted by Gasteiger charge is 2.18. The molecule has 5 heteroatoms. The van der Waals surface area contributed by atoms with Crippen molar-refractivity contribution in [2.24, 2.45) is 4.99 Å². The summed E-state index contributed by atoms with van der Waals surface area (Å²) >= 11 is 0. The normalized spacial score (nSPS) is 12.3. The molecule has 0 aliphatic heterocycles. The molecule has 2 aromatic heterocycles. The summed E-state index contributed by atoms with van der Waals surface area (Å²) in [4.78, 5) is 20.2. The number of nitrogens with one attached hydrogen (secondary N) is 1. The molecule has 0 radical (unpaired) electrons. The van der Waals surface area contributed by atoms with Crippen LogP contribution in [0.3, 0.4) is 0 Å². The van der Waals surface area contributed by atoms with Crippen molar-refractivity contribution >= 4 is 33.8 Å². The Hall–Kier alpha value is -6.46. The summed E-state index contributed by atoms with van der Waals surface area (Å²) in [6.07, 6.45) is 11.5. The lowest BCUT2D eigenvalue weighted by Crippen LogP contribution is -2.19. The molecule has 0 saturated carbocycles. The number of benzene rings is 4. The number of fused-ring (bicyclic) bond motifs is 1. The van der Waals surface area contributed by atoms with E-state index in [-0.39, 0.29) is 0 Å². The fourth-order valence-corrected chi connectivity index (χ4v) is 6.42. The maximum absolute atomic E-state index is 5.22. The first-order valence-electron chi connectivity index (χ1n) is 18.3. The zero-order valence-electron chi connectivity index (χ0n) is 32.1. The quantitative estimate of drug-likeness (QED) is 0.102. The van der Waals surface area contributed by atoms with Crippen LogP contribution in [-0.2, 0) is 0 Å². The fraction of sp³-hybridized carbons (Fsp3) is 0.143. The molecule has 1 unspecified atom stereocenters. The van der Waals surface area contributed by atoms with Gasteiger partial charge in [0.25, 0.3) is 0 Å². The minimum absolute atomic E-state index is 0.405. The molecular formula is C49H47N5. The first kappa shape index (κ1) is 37.3. The molecular weight excluding hydrogens is 659 g/mol. The van der Waals surface area contributed by atoms with Crippen LogP contribution < -0.4 is 5.32 Å². The number of aryl methyl sites for hydroxylation is 1. The van der Waals surface area contributed by atoms with E-state index in [2.05, 4.69) is 143 Å². The van der Waals surface area contributed by atoms with Gasteiger partial charge in [0.1, 0.15) is 6.17 Å². The Labute approximate surface area is 320 Å². The lowest BCUT2D eigenvalue weighted by atomic mass is 9.97. The number of hydrogen-bond donors (Lipinski definition) is 1. The van der Waals surface area contributed by atoms with Crippen molar-refractivity contribution in [2.45, 2.75) is 47.7 Å². The Morgan fingerprint density at radius 3 is 2.24 bits per heavy atom. The largest absolute Gasteiger partial charge is 0.360 e. The van der Waals surface area contributed by atoms with E-state index < -0.39 is 6.17 Å². The number of nitrogens with zero attached hydrogens (tertiary/aromatic N) is 4. The minimum atomic E-state index is -0.405. The first-order valence-corrected chi connectivity index (χ1v) is 18.3. The molecule has 0 aliphatic rings. The monoisotopic (exact) mass is 705 g/mol. The summed E-state index contributed by atoms with van der Waals surface area (Å²) < 4.78 is 0. The second kappa shape index (κ2) is 16.9. The number of pyridine rings is 1. The van der Waals surface area contributed by atoms with Gasteiger partial charge >= 0.3 is 0 Å². The van der Waals surface area contributed by atoms with E-state index in [0.717, 1.165) is 84.0 Å². The van der Waals surface area contributed by atoms with Gasteiger partial charge < -0.3 is 5.32 Å². The topological polar surface area (TPSA) is 63.1 Å². The number of rotatable bonds is 12. The molecule has 2 heterocycles. The van der Waals surface area contributed by atoms with E-state index in [9.17, 15) is 0 Å². The molecule has 6 aromatic rings. The molecule has 0 spiro atoms. The molecule has 0 aliphatic carbocycles.